The first kappa shape index (κ1) is 62.8. The summed E-state index contributed by atoms with van der Waals surface area (Å²) in [5, 5.41) is 15.8. The Morgan fingerprint density at radius 2 is 1.05 bits per heavy atom. The standard InChI is InChI=1S/C23H25ClFN3O2S.C20H18ClFN4O2.C18H16ClFN2O2S/c1-14(28(2)3)21-23(31-5)26-19-13-20(30-11-10-29-4)18(25)12-16(19)22(27-21)15-8-6-7-9-17(15)24;1-11-18-20(26-25-11)23-16-10-17(28-8-7-27-2)15(22)9-13(16)19(24-18)12-5-3-4-6-14(12)21;1-23-6-7-24-16-9-15-12(8-14(16)20)18(21-10-17(25)22-15)11-4-2-3-5-13(11)19/h6-9,12-13H,10-11H2,1-5H3;3-6,9-10H,7-8H2,1-2H3,(H2,23,25,26);2-5,8-9H,6-7,10H2,1H3,(H,22,25). The van der Waals surface area contributed by atoms with E-state index >= 15 is 0 Å². The van der Waals surface area contributed by atoms with Crippen molar-refractivity contribution in [3.05, 3.63) is 192 Å². The zero-order valence-electron chi connectivity index (χ0n) is 47.1. The molecule has 0 bridgehead atoms. The van der Waals surface area contributed by atoms with Crippen molar-refractivity contribution in [2.45, 2.75) is 13.8 Å². The van der Waals surface area contributed by atoms with Crippen LogP contribution in [0.15, 0.2) is 141 Å². The van der Waals surface area contributed by atoms with E-state index in [-0.39, 0.29) is 37.1 Å². The third-order valence-corrected chi connectivity index (χ3v) is 14.8. The molecule has 10 rings (SSSR count). The minimum Gasteiger partial charge on any atom is -0.488 e. The second-order valence-corrected chi connectivity index (χ2v) is 21.2. The molecule has 3 aliphatic rings. The molecule has 438 valence electrons. The van der Waals surface area contributed by atoms with E-state index in [2.05, 4.69) is 25.8 Å². The molecule has 1 aromatic heterocycles. The van der Waals surface area contributed by atoms with E-state index < -0.39 is 17.5 Å². The van der Waals surface area contributed by atoms with Crippen LogP contribution in [-0.4, -0.2) is 130 Å². The zero-order chi connectivity index (χ0) is 60.0. The molecule has 0 radical (unpaired) electrons. The number of hydrogen-bond acceptors (Lipinski definition) is 15. The van der Waals surface area contributed by atoms with Crippen molar-refractivity contribution in [2.75, 3.05) is 98.5 Å². The number of benzodiazepines with no additional fused rings is 1. The van der Waals surface area contributed by atoms with E-state index in [1.165, 1.54) is 30.0 Å². The summed E-state index contributed by atoms with van der Waals surface area (Å²) in [7, 11) is 8.59. The number of benzene rings is 6. The Balaban J connectivity index is 0.000000165. The molecule has 3 aliphatic heterocycles. The van der Waals surface area contributed by atoms with Gasteiger partial charge in [0.25, 0.3) is 0 Å². The third kappa shape index (κ3) is 15.0. The summed E-state index contributed by atoms with van der Waals surface area (Å²) < 4.78 is 75.6. The number of aromatic amines is 1. The van der Waals surface area contributed by atoms with Crippen LogP contribution in [-0.2, 0) is 14.2 Å². The smallest absolute Gasteiger partial charge is 0.178 e. The van der Waals surface area contributed by atoms with Gasteiger partial charge in [-0.05, 0) is 56.5 Å². The van der Waals surface area contributed by atoms with Crippen LogP contribution < -0.4 is 24.8 Å². The van der Waals surface area contributed by atoms with Crippen molar-refractivity contribution in [3.8, 4) is 17.2 Å². The number of allylic oxidation sites excluding steroid dienone is 1. The first-order chi connectivity index (χ1) is 40.5. The molecule has 23 heteroatoms. The number of ether oxygens (including phenoxy) is 6. The number of methoxy groups -OCH3 is 3. The molecule has 0 saturated heterocycles. The van der Waals surface area contributed by atoms with E-state index in [0.717, 1.165) is 22.0 Å². The Labute approximate surface area is 510 Å². The summed E-state index contributed by atoms with van der Waals surface area (Å²) in [5.41, 5.74) is 10.5. The predicted molar refractivity (Wildman–Crippen MR) is 337 cm³/mol. The molecule has 0 aliphatic carbocycles. The summed E-state index contributed by atoms with van der Waals surface area (Å²) in [6, 6.07) is 31.0. The Kier molecular flexibility index (Phi) is 22.0. The number of halogens is 6. The van der Waals surface area contributed by atoms with Crippen LogP contribution in [0.3, 0.4) is 0 Å². The molecule has 15 nitrogen and oxygen atoms in total. The van der Waals surface area contributed by atoms with Gasteiger partial charge in [0.2, 0.25) is 0 Å². The highest BCUT2D eigenvalue weighted by Gasteiger charge is 2.28. The Morgan fingerprint density at radius 1 is 0.595 bits per heavy atom. The fourth-order valence-electron chi connectivity index (χ4n) is 8.51. The van der Waals surface area contributed by atoms with Gasteiger partial charge in [-0.15, -0.1) is 11.8 Å². The topological polar surface area (TPSA) is 161 Å². The average molecular weight is 1240 g/mol. The van der Waals surface area contributed by atoms with Gasteiger partial charge >= 0.3 is 0 Å². The molecule has 0 unspecified atom stereocenters. The van der Waals surface area contributed by atoms with Gasteiger partial charge in [-0.25, -0.2) is 28.1 Å². The molecule has 0 fully saturated rings. The van der Waals surface area contributed by atoms with Gasteiger partial charge in [-0.2, -0.15) is 5.10 Å². The summed E-state index contributed by atoms with van der Waals surface area (Å²) in [5.74, 6) is -0.541. The van der Waals surface area contributed by atoms with Crippen LogP contribution >= 0.6 is 58.8 Å². The lowest BCUT2D eigenvalue weighted by molar-refractivity contribution is 0.144. The van der Waals surface area contributed by atoms with E-state index in [1.54, 1.807) is 57.7 Å². The fourth-order valence-corrected chi connectivity index (χ4v) is 9.94. The number of nitrogens with one attached hydrogen (secondary N) is 3. The fraction of sp³-hybridized carbons (Fsp3) is 0.246. The molecule has 0 atom stereocenters. The van der Waals surface area contributed by atoms with Gasteiger partial charge in [-0.3, -0.25) is 10.1 Å². The number of aryl methyl sites for hydroxylation is 1. The quantitative estimate of drug-likeness (QED) is 0.0621. The second kappa shape index (κ2) is 29.5. The molecule has 0 amide bonds. The molecule has 84 heavy (non-hydrogen) atoms. The van der Waals surface area contributed by atoms with Crippen LogP contribution in [0.2, 0.25) is 15.1 Å². The lowest BCUT2D eigenvalue weighted by Crippen LogP contribution is -2.14. The highest BCUT2D eigenvalue weighted by atomic mass is 35.5. The number of aliphatic imine (C=N–C) groups is 4. The maximum Gasteiger partial charge on any atom is 0.178 e. The zero-order valence-corrected chi connectivity index (χ0v) is 51.0. The number of nitrogens with zero attached hydrogens (tertiary/aromatic N) is 6. The molecule has 3 N–H and O–H groups in total. The molecule has 4 heterocycles. The van der Waals surface area contributed by atoms with Crippen molar-refractivity contribution < 1.29 is 41.6 Å². The highest BCUT2D eigenvalue weighted by molar-refractivity contribution is 8.13. The predicted octanol–water partition coefficient (Wildman–Crippen LogP) is 14.4. The van der Waals surface area contributed by atoms with Crippen LogP contribution in [0.1, 0.15) is 46.0 Å². The number of anilines is 3. The van der Waals surface area contributed by atoms with Gasteiger partial charge in [0.15, 0.2) is 40.5 Å². The SMILES string of the molecule is COCCOc1cc2c(cc1F)C(c1ccccc1Cl)=NC(=C(C)N(C)C)C(SC)=N2.COCCOc1cc2c(cc1F)C(c1ccccc1Cl)=NCC(=S)N2.COCCOc1cc2c(cc1F)C(c1ccccc1Cl)=Nc1c(n[nH]c1C)N2. The van der Waals surface area contributed by atoms with Crippen molar-refractivity contribution in [1.82, 2.24) is 15.1 Å². The number of H-pyrrole nitrogens is 1. The summed E-state index contributed by atoms with van der Waals surface area (Å²) >= 11 is 26.0. The number of fused-ring (bicyclic) bond motifs is 4. The van der Waals surface area contributed by atoms with E-state index in [1.807, 2.05) is 93.7 Å². The number of thioether (sulfide) groups is 1. The number of thiocarbonyl (C=S) groups is 1. The van der Waals surface area contributed by atoms with E-state index in [4.69, 9.17) is 90.4 Å². The summed E-state index contributed by atoms with van der Waals surface area (Å²) in [6.45, 7) is 5.97. The van der Waals surface area contributed by atoms with Crippen molar-refractivity contribution in [1.29, 1.82) is 0 Å². The Bertz CT molecular complexity index is 3730. The molecule has 6 aromatic carbocycles. The maximum atomic E-state index is 15.0. The van der Waals surface area contributed by atoms with Crippen LogP contribution in [0.4, 0.5) is 41.7 Å². The maximum absolute atomic E-state index is 15.0. The molecule has 7 aromatic rings. The molecular weight excluding hydrogens is 1180 g/mol. The van der Waals surface area contributed by atoms with Crippen molar-refractivity contribution in [3.63, 3.8) is 0 Å². The van der Waals surface area contributed by atoms with Crippen LogP contribution in [0.25, 0.3) is 0 Å². The minimum atomic E-state index is -0.493. The summed E-state index contributed by atoms with van der Waals surface area (Å²) in [6.07, 6.45) is 1.94. The number of hydrogen-bond donors (Lipinski definition) is 3. The number of aromatic nitrogens is 2. The third-order valence-electron chi connectivity index (χ3n) is 12.9. The lowest BCUT2D eigenvalue weighted by Gasteiger charge is -2.17. The minimum absolute atomic E-state index is 0.121. The van der Waals surface area contributed by atoms with Crippen LogP contribution in [0.5, 0.6) is 17.2 Å². The second-order valence-electron chi connectivity index (χ2n) is 18.7. The first-order valence-corrected chi connectivity index (χ1v) is 28.8. The average Bonchev–Trinajstić information content (AvgIpc) is 3.66. The largest absolute Gasteiger partial charge is 0.488 e. The molecule has 0 saturated carbocycles. The monoisotopic (exact) mass is 1240 g/mol. The lowest BCUT2D eigenvalue weighted by atomic mass is 10.00. The van der Waals surface area contributed by atoms with Crippen LogP contribution in [0, 0.1) is 24.4 Å². The van der Waals surface area contributed by atoms with Gasteiger partial charge in [0.05, 0.1) is 66.3 Å². The van der Waals surface area contributed by atoms with E-state index in [9.17, 15) is 13.2 Å². The Morgan fingerprint density at radius 3 is 1.54 bits per heavy atom. The summed E-state index contributed by atoms with van der Waals surface area (Å²) in [4.78, 5) is 21.6. The van der Waals surface area contributed by atoms with Crippen molar-refractivity contribution in [2.24, 2.45) is 20.0 Å². The Hall–Kier alpha value is -7.27. The van der Waals surface area contributed by atoms with E-state index in [0.29, 0.717) is 126 Å². The van der Waals surface area contributed by atoms with Gasteiger partial charge in [-0.1, -0.05) is 102 Å². The molecular formula is C61H59Cl3F3N9O6S2. The van der Waals surface area contributed by atoms with Gasteiger partial charge in [0, 0.05) is 108 Å². The highest BCUT2D eigenvalue weighted by Crippen LogP contribution is 2.41. The first-order valence-electron chi connectivity index (χ1n) is 26.0. The van der Waals surface area contributed by atoms with Crippen molar-refractivity contribution >= 4 is 115 Å². The number of rotatable bonds is 16. The van der Waals surface area contributed by atoms with Gasteiger partial charge < -0.3 is 44.0 Å². The normalized spacial score (nSPS) is 13.7. The molecule has 0 spiro atoms. The van der Waals surface area contributed by atoms with Gasteiger partial charge in [0.1, 0.15) is 41.2 Å².